The highest BCUT2D eigenvalue weighted by Crippen LogP contribution is 2.20. The fourth-order valence-electron chi connectivity index (χ4n) is 1.33. The molecule has 0 spiro atoms. The van der Waals surface area contributed by atoms with Crippen molar-refractivity contribution in [2.75, 3.05) is 0 Å². The second-order valence-corrected chi connectivity index (χ2v) is 4.83. The number of hydrogen-bond donors (Lipinski definition) is 0. The zero-order valence-electron chi connectivity index (χ0n) is 8.80. The Morgan fingerprint density at radius 1 is 1.50 bits per heavy atom. The number of aryl methyl sites for hydroxylation is 1. The lowest BCUT2D eigenvalue weighted by atomic mass is 10.0. The molecule has 0 bridgehead atoms. The molecule has 0 saturated carbocycles. The van der Waals surface area contributed by atoms with Crippen LogP contribution in [0, 0.1) is 5.92 Å². The van der Waals surface area contributed by atoms with Crippen LogP contribution in [0.3, 0.4) is 0 Å². The molecule has 0 aromatic carbocycles. The summed E-state index contributed by atoms with van der Waals surface area (Å²) in [6.07, 6.45) is 3.51. The van der Waals surface area contributed by atoms with E-state index in [0.29, 0.717) is 5.92 Å². The summed E-state index contributed by atoms with van der Waals surface area (Å²) in [5, 5.41) is 5.03. The number of alkyl halides is 1. The first kappa shape index (κ1) is 11.9. The van der Waals surface area contributed by atoms with Crippen LogP contribution in [0.15, 0.2) is 6.20 Å². The Balaban J connectivity index is 2.53. The molecular formula is C10H16Cl2N2. The molecular weight excluding hydrogens is 219 g/mol. The second kappa shape index (κ2) is 5.04. The third-order valence-electron chi connectivity index (χ3n) is 2.39. The first-order chi connectivity index (χ1) is 6.52. The molecule has 0 saturated heterocycles. The Morgan fingerprint density at radius 3 is 2.57 bits per heavy atom. The SMILES string of the molecule is CC(C)C(Cl)CCc1c(Cl)cnn1C. The fourth-order valence-corrected chi connectivity index (χ4v) is 1.69. The quantitative estimate of drug-likeness (QED) is 0.732. The molecule has 1 atom stereocenters. The molecule has 0 N–H and O–H groups in total. The lowest BCUT2D eigenvalue weighted by molar-refractivity contribution is 0.553. The summed E-state index contributed by atoms with van der Waals surface area (Å²) >= 11 is 12.1. The molecule has 1 unspecified atom stereocenters. The summed E-state index contributed by atoms with van der Waals surface area (Å²) in [5.74, 6) is 0.503. The van der Waals surface area contributed by atoms with Crippen LogP contribution in [0.25, 0.3) is 0 Å². The Kier molecular flexibility index (Phi) is 4.27. The minimum atomic E-state index is 0.209. The molecule has 0 amide bonds. The van der Waals surface area contributed by atoms with Crippen LogP contribution in [0.1, 0.15) is 26.0 Å². The van der Waals surface area contributed by atoms with E-state index in [4.69, 9.17) is 23.2 Å². The van der Waals surface area contributed by atoms with Gasteiger partial charge in [-0.15, -0.1) is 11.6 Å². The van der Waals surface area contributed by atoms with Gasteiger partial charge in [0.05, 0.1) is 16.9 Å². The predicted octanol–water partition coefficient (Wildman–Crippen LogP) is 3.27. The van der Waals surface area contributed by atoms with Gasteiger partial charge in [-0.3, -0.25) is 4.68 Å². The molecule has 1 aromatic heterocycles. The zero-order valence-corrected chi connectivity index (χ0v) is 10.3. The number of nitrogens with zero attached hydrogens (tertiary/aromatic N) is 2. The Hall–Kier alpha value is -0.210. The van der Waals surface area contributed by atoms with Crippen molar-refractivity contribution >= 4 is 23.2 Å². The van der Waals surface area contributed by atoms with E-state index in [0.717, 1.165) is 23.6 Å². The third-order valence-corrected chi connectivity index (χ3v) is 3.43. The van der Waals surface area contributed by atoms with Gasteiger partial charge in [0.1, 0.15) is 0 Å². The van der Waals surface area contributed by atoms with Gasteiger partial charge in [-0.05, 0) is 18.8 Å². The summed E-state index contributed by atoms with van der Waals surface area (Å²) in [7, 11) is 1.90. The fraction of sp³-hybridized carbons (Fsp3) is 0.700. The van der Waals surface area contributed by atoms with E-state index in [1.165, 1.54) is 0 Å². The maximum absolute atomic E-state index is 6.16. The van der Waals surface area contributed by atoms with Crippen molar-refractivity contribution in [1.82, 2.24) is 9.78 Å². The van der Waals surface area contributed by atoms with Gasteiger partial charge in [0.25, 0.3) is 0 Å². The van der Waals surface area contributed by atoms with Crippen LogP contribution in [0.4, 0.5) is 0 Å². The van der Waals surface area contributed by atoms with Crippen molar-refractivity contribution in [2.24, 2.45) is 13.0 Å². The van der Waals surface area contributed by atoms with E-state index < -0.39 is 0 Å². The lowest BCUT2D eigenvalue weighted by Crippen LogP contribution is -2.10. The van der Waals surface area contributed by atoms with Crippen LogP contribution in [0.5, 0.6) is 0 Å². The molecule has 1 heterocycles. The highest BCUT2D eigenvalue weighted by atomic mass is 35.5. The van der Waals surface area contributed by atoms with Crippen LogP contribution in [-0.4, -0.2) is 15.2 Å². The van der Waals surface area contributed by atoms with E-state index in [1.807, 2.05) is 11.7 Å². The maximum atomic E-state index is 6.16. The molecule has 1 aromatic rings. The van der Waals surface area contributed by atoms with Crippen molar-refractivity contribution in [1.29, 1.82) is 0 Å². The third kappa shape index (κ3) is 2.89. The van der Waals surface area contributed by atoms with Crippen molar-refractivity contribution < 1.29 is 0 Å². The van der Waals surface area contributed by atoms with E-state index in [-0.39, 0.29) is 5.38 Å². The van der Waals surface area contributed by atoms with Gasteiger partial charge in [0, 0.05) is 12.4 Å². The maximum Gasteiger partial charge on any atom is 0.0817 e. The molecule has 0 aliphatic heterocycles. The second-order valence-electron chi connectivity index (χ2n) is 3.86. The molecule has 14 heavy (non-hydrogen) atoms. The highest BCUT2D eigenvalue weighted by molar-refractivity contribution is 6.31. The largest absolute Gasteiger partial charge is 0.271 e. The first-order valence-electron chi connectivity index (χ1n) is 4.82. The normalized spacial score (nSPS) is 13.6. The molecule has 80 valence electrons. The van der Waals surface area contributed by atoms with Gasteiger partial charge < -0.3 is 0 Å². The van der Waals surface area contributed by atoms with Crippen LogP contribution >= 0.6 is 23.2 Å². The average molecular weight is 235 g/mol. The van der Waals surface area contributed by atoms with Gasteiger partial charge in [-0.1, -0.05) is 25.4 Å². The Labute approximate surface area is 95.2 Å². The van der Waals surface area contributed by atoms with Crippen LogP contribution in [-0.2, 0) is 13.5 Å². The van der Waals surface area contributed by atoms with Gasteiger partial charge in [0.2, 0.25) is 0 Å². The number of aromatic nitrogens is 2. The smallest absolute Gasteiger partial charge is 0.0817 e. The first-order valence-corrected chi connectivity index (χ1v) is 5.64. The van der Waals surface area contributed by atoms with Gasteiger partial charge in [0.15, 0.2) is 0 Å². The number of halogens is 2. The molecule has 2 nitrogen and oxygen atoms in total. The Bertz CT molecular complexity index is 275. The molecule has 1 rings (SSSR count). The predicted molar refractivity (Wildman–Crippen MR) is 61.0 cm³/mol. The number of rotatable bonds is 4. The standard InChI is InChI=1S/C10H16Cl2N2/c1-7(2)8(11)4-5-10-9(12)6-13-14(10)3/h6-8H,4-5H2,1-3H3. The zero-order chi connectivity index (χ0) is 10.7. The van der Waals surface area contributed by atoms with Gasteiger partial charge >= 0.3 is 0 Å². The van der Waals surface area contributed by atoms with Gasteiger partial charge in [-0.25, -0.2) is 0 Å². The molecule has 0 radical (unpaired) electrons. The van der Waals surface area contributed by atoms with Crippen LogP contribution < -0.4 is 0 Å². The van der Waals surface area contributed by atoms with E-state index >= 15 is 0 Å². The van der Waals surface area contributed by atoms with Crippen molar-refractivity contribution in [3.8, 4) is 0 Å². The highest BCUT2D eigenvalue weighted by Gasteiger charge is 2.12. The minimum absolute atomic E-state index is 0.209. The topological polar surface area (TPSA) is 17.8 Å². The Morgan fingerprint density at radius 2 is 2.14 bits per heavy atom. The van der Waals surface area contributed by atoms with Crippen molar-refractivity contribution in [2.45, 2.75) is 32.1 Å². The van der Waals surface area contributed by atoms with Crippen LogP contribution in [0.2, 0.25) is 5.02 Å². The summed E-state index contributed by atoms with van der Waals surface area (Å²) in [6, 6.07) is 0. The van der Waals surface area contributed by atoms with Crippen molar-refractivity contribution in [3.63, 3.8) is 0 Å². The van der Waals surface area contributed by atoms with Gasteiger partial charge in [-0.2, -0.15) is 5.10 Å². The summed E-state index contributed by atoms with van der Waals surface area (Å²) in [5.41, 5.74) is 1.07. The molecule has 4 heteroatoms. The monoisotopic (exact) mass is 234 g/mol. The minimum Gasteiger partial charge on any atom is -0.271 e. The molecule has 0 fully saturated rings. The summed E-state index contributed by atoms with van der Waals surface area (Å²) in [4.78, 5) is 0. The summed E-state index contributed by atoms with van der Waals surface area (Å²) < 4.78 is 1.81. The van der Waals surface area contributed by atoms with E-state index in [2.05, 4.69) is 18.9 Å². The van der Waals surface area contributed by atoms with E-state index in [1.54, 1.807) is 6.20 Å². The molecule has 0 aliphatic rings. The number of hydrogen-bond acceptors (Lipinski definition) is 1. The van der Waals surface area contributed by atoms with Crippen molar-refractivity contribution in [3.05, 3.63) is 16.9 Å². The average Bonchev–Trinajstić information content (AvgIpc) is 2.43. The lowest BCUT2D eigenvalue weighted by Gasteiger charge is -2.12. The summed E-state index contributed by atoms with van der Waals surface area (Å²) in [6.45, 7) is 4.25. The van der Waals surface area contributed by atoms with E-state index in [9.17, 15) is 0 Å². The molecule has 0 aliphatic carbocycles.